The molecule has 0 radical (unpaired) electrons. The molecule has 0 aliphatic heterocycles. The minimum absolute atomic E-state index is 0.365. The van der Waals surface area contributed by atoms with Crippen molar-refractivity contribution in [2.75, 3.05) is 24.9 Å². The summed E-state index contributed by atoms with van der Waals surface area (Å²) < 4.78 is 31.8. The lowest BCUT2D eigenvalue weighted by molar-refractivity contribution is 0.415. The van der Waals surface area contributed by atoms with Crippen LogP contribution in [0.4, 0.5) is 5.69 Å². The molecule has 0 saturated heterocycles. The number of anilines is 1. The zero-order chi connectivity index (χ0) is 15.2. The molecular formula is C13H21ClN2O3S. The van der Waals surface area contributed by atoms with Crippen LogP contribution in [0.5, 0.6) is 5.75 Å². The van der Waals surface area contributed by atoms with Crippen LogP contribution in [-0.4, -0.2) is 33.9 Å². The van der Waals surface area contributed by atoms with Gasteiger partial charge in [-0.1, -0.05) is 18.5 Å². The number of hydrogen-bond donors (Lipinski definition) is 2. The molecule has 2 N–H and O–H groups in total. The van der Waals surface area contributed by atoms with E-state index < -0.39 is 15.3 Å². The van der Waals surface area contributed by atoms with Gasteiger partial charge in [-0.2, -0.15) is 0 Å². The van der Waals surface area contributed by atoms with E-state index in [0.29, 0.717) is 23.0 Å². The number of halogens is 1. The molecule has 0 spiro atoms. The Hall–Kier alpha value is -0.980. The second-order valence-corrected chi connectivity index (χ2v) is 7.02. The quantitative estimate of drug-likeness (QED) is 0.722. The molecule has 114 valence electrons. The summed E-state index contributed by atoms with van der Waals surface area (Å²) in [6.07, 6.45) is 0.967. The molecule has 7 heteroatoms. The normalized spacial score (nSPS) is 13.0. The molecule has 0 fully saturated rings. The number of benzene rings is 1. The maximum atomic E-state index is 12.1. The van der Waals surface area contributed by atoms with Crippen molar-refractivity contribution >= 4 is 27.3 Å². The fraction of sp³-hybridized carbons (Fsp3) is 0.538. The average molecular weight is 321 g/mol. The van der Waals surface area contributed by atoms with Gasteiger partial charge in [-0.15, -0.1) is 0 Å². The van der Waals surface area contributed by atoms with Crippen LogP contribution < -0.4 is 14.8 Å². The Morgan fingerprint density at radius 3 is 2.65 bits per heavy atom. The number of hydrogen-bond acceptors (Lipinski definition) is 4. The highest BCUT2D eigenvalue weighted by molar-refractivity contribution is 7.93. The minimum Gasteiger partial charge on any atom is -0.495 e. The number of nitrogens with one attached hydrogen (secondary N) is 2. The van der Waals surface area contributed by atoms with Crippen molar-refractivity contribution in [3.63, 3.8) is 0 Å². The van der Waals surface area contributed by atoms with E-state index in [4.69, 9.17) is 16.3 Å². The predicted octanol–water partition coefficient (Wildman–Crippen LogP) is 2.48. The lowest BCUT2D eigenvalue weighted by Gasteiger charge is -2.16. The van der Waals surface area contributed by atoms with E-state index in [1.165, 1.54) is 13.2 Å². The Balaban J connectivity index is 2.72. The lowest BCUT2D eigenvalue weighted by atomic mass is 10.3. The Labute approximate surface area is 125 Å². The Kier molecular flexibility index (Phi) is 6.58. The SMILES string of the molecule is CCCNCC(C)S(=O)(=O)Nc1ccc(OC)c(Cl)c1. The van der Waals surface area contributed by atoms with Crippen LogP contribution in [0.2, 0.25) is 5.02 Å². The van der Waals surface area contributed by atoms with Crippen LogP contribution in [0.25, 0.3) is 0 Å². The van der Waals surface area contributed by atoms with Crippen molar-refractivity contribution in [2.45, 2.75) is 25.5 Å². The first-order valence-electron chi connectivity index (χ1n) is 6.46. The summed E-state index contributed by atoms with van der Waals surface area (Å²) in [6, 6.07) is 4.78. The van der Waals surface area contributed by atoms with Crippen LogP contribution in [0, 0.1) is 0 Å². The lowest BCUT2D eigenvalue weighted by Crippen LogP contribution is -2.35. The van der Waals surface area contributed by atoms with Crippen LogP contribution in [0.3, 0.4) is 0 Å². The summed E-state index contributed by atoms with van der Waals surface area (Å²) in [6.45, 7) is 4.90. The molecule has 1 atom stereocenters. The molecular weight excluding hydrogens is 300 g/mol. The predicted molar refractivity (Wildman–Crippen MR) is 83.2 cm³/mol. The van der Waals surface area contributed by atoms with E-state index >= 15 is 0 Å². The number of rotatable bonds is 8. The van der Waals surface area contributed by atoms with E-state index in [2.05, 4.69) is 10.0 Å². The molecule has 20 heavy (non-hydrogen) atoms. The van der Waals surface area contributed by atoms with Crippen molar-refractivity contribution < 1.29 is 13.2 Å². The van der Waals surface area contributed by atoms with Gasteiger partial charge in [-0.3, -0.25) is 4.72 Å². The van der Waals surface area contributed by atoms with E-state index in [1.54, 1.807) is 19.1 Å². The summed E-state index contributed by atoms with van der Waals surface area (Å²) in [5.74, 6) is 0.507. The van der Waals surface area contributed by atoms with Gasteiger partial charge in [0.05, 0.1) is 23.1 Å². The molecule has 1 unspecified atom stereocenters. The summed E-state index contributed by atoms with van der Waals surface area (Å²) in [5.41, 5.74) is 0.429. The summed E-state index contributed by atoms with van der Waals surface area (Å²) in [7, 11) is -1.94. The summed E-state index contributed by atoms with van der Waals surface area (Å²) in [4.78, 5) is 0. The first-order valence-corrected chi connectivity index (χ1v) is 8.39. The van der Waals surface area contributed by atoms with Crippen molar-refractivity contribution in [3.8, 4) is 5.75 Å². The molecule has 0 bridgehead atoms. The Bertz CT molecular complexity index is 534. The largest absolute Gasteiger partial charge is 0.495 e. The molecule has 1 aromatic rings. The van der Waals surface area contributed by atoms with E-state index in [0.717, 1.165) is 13.0 Å². The number of methoxy groups -OCH3 is 1. The molecule has 5 nitrogen and oxygen atoms in total. The third kappa shape index (κ3) is 4.85. The van der Waals surface area contributed by atoms with E-state index in [1.807, 2.05) is 6.92 Å². The van der Waals surface area contributed by atoms with Crippen LogP contribution in [0.15, 0.2) is 18.2 Å². The highest BCUT2D eigenvalue weighted by Gasteiger charge is 2.20. The van der Waals surface area contributed by atoms with Crippen molar-refractivity contribution in [1.82, 2.24) is 5.32 Å². The highest BCUT2D eigenvalue weighted by atomic mass is 35.5. The zero-order valence-electron chi connectivity index (χ0n) is 11.9. The van der Waals surface area contributed by atoms with Gasteiger partial charge in [-0.05, 0) is 38.1 Å². The van der Waals surface area contributed by atoms with Gasteiger partial charge in [0, 0.05) is 6.54 Å². The molecule has 0 aliphatic carbocycles. The van der Waals surface area contributed by atoms with Crippen molar-refractivity contribution in [3.05, 3.63) is 23.2 Å². The van der Waals surface area contributed by atoms with Crippen molar-refractivity contribution in [1.29, 1.82) is 0 Å². The van der Waals surface area contributed by atoms with Gasteiger partial charge in [0.1, 0.15) is 5.75 Å². The number of ether oxygens (including phenoxy) is 1. The third-order valence-corrected chi connectivity index (χ3v) is 4.84. The minimum atomic E-state index is -3.44. The van der Waals surface area contributed by atoms with Crippen LogP contribution in [-0.2, 0) is 10.0 Å². The zero-order valence-corrected chi connectivity index (χ0v) is 13.5. The van der Waals surface area contributed by atoms with Crippen LogP contribution in [0.1, 0.15) is 20.3 Å². The molecule has 0 aromatic heterocycles. The first-order chi connectivity index (χ1) is 9.40. The van der Waals surface area contributed by atoms with Crippen LogP contribution >= 0.6 is 11.6 Å². The third-order valence-electron chi connectivity index (χ3n) is 2.80. The average Bonchev–Trinajstić information content (AvgIpc) is 2.38. The second-order valence-electron chi connectivity index (χ2n) is 4.51. The maximum Gasteiger partial charge on any atom is 0.236 e. The molecule has 1 aromatic carbocycles. The molecule has 0 aliphatic rings. The Morgan fingerprint density at radius 1 is 1.40 bits per heavy atom. The fourth-order valence-electron chi connectivity index (χ4n) is 1.59. The van der Waals surface area contributed by atoms with Crippen molar-refractivity contribution in [2.24, 2.45) is 0 Å². The standard InChI is InChI=1S/C13H21ClN2O3S/c1-4-7-15-9-10(2)20(17,18)16-11-5-6-13(19-3)12(14)8-11/h5-6,8,10,15-16H,4,7,9H2,1-3H3. The van der Waals surface area contributed by atoms with E-state index in [-0.39, 0.29) is 0 Å². The summed E-state index contributed by atoms with van der Waals surface area (Å²) in [5, 5.41) is 2.92. The summed E-state index contributed by atoms with van der Waals surface area (Å²) >= 11 is 5.97. The highest BCUT2D eigenvalue weighted by Crippen LogP contribution is 2.27. The maximum absolute atomic E-state index is 12.1. The van der Waals surface area contributed by atoms with Gasteiger partial charge < -0.3 is 10.1 Å². The number of sulfonamides is 1. The fourth-order valence-corrected chi connectivity index (χ4v) is 2.84. The molecule has 0 amide bonds. The molecule has 0 saturated carbocycles. The molecule has 0 heterocycles. The van der Waals surface area contributed by atoms with E-state index in [9.17, 15) is 8.42 Å². The second kappa shape index (κ2) is 7.71. The monoisotopic (exact) mass is 320 g/mol. The van der Waals surface area contributed by atoms with Gasteiger partial charge >= 0.3 is 0 Å². The van der Waals surface area contributed by atoms with Gasteiger partial charge in [0.25, 0.3) is 0 Å². The molecule has 1 rings (SSSR count). The Morgan fingerprint density at radius 2 is 2.10 bits per heavy atom. The van der Waals surface area contributed by atoms with Gasteiger partial charge in [0.2, 0.25) is 10.0 Å². The first kappa shape index (κ1) is 17.1. The topological polar surface area (TPSA) is 67.4 Å². The van der Waals surface area contributed by atoms with Gasteiger partial charge in [0.15, 0.2) is 0 Å². The smallest absolute Gasteiger partial charge is 0.236 e. The van der Waals surface area contributed by atoms with Gasteiger partial charge in [-0.25, -0.2) is 8.42 Å².